The van der Waals surface area contributed by atoms with Crippen molar-refractivity contribution < 1.29 is 13.2 Å². The van der Waals surface area contributed by atoms with Crippen molar-refractivity contribution in [2.75, 3.05) is 17.1 Å². The molecule has 0 saturated heterocycles. The molecule has 9 heteroatoms. The number of hydrazone groups is 1. The third-order valence-electron chi connectivity index (χ3n) is 3.85. The van der Waals surface area contributed by atoms with E-state index in [0.717, 1.165) is 21.7 Å². The Morgan fingerprint density at radius 3 is 2.33 bits per heavy atom. The number of hydrogen-bond donors (Lipinski definition) is 1. The van der Waals surface area contributed by atoms with Crippen LogP contribution in [0.15, 0.2) is 41.5 Å². The first-order valence-electron chi connectivity index (χ1n) is 7.90. The Balaban J connectivity index is 2.15. The van der Waals surface area contributed by atoms with Crippen LogP contribution >= 0.6 is 23.2 Å². The van der Waals surface area contributed by atoms with Gasteiger partial charge < -0.3 is 0 Å². The molecular formula is C18H19Cl2N3O3S. The number of aryl methyl sites for hydroxylation is 2. The summed E-state index contributed by atoms with van der Waals surface area (Å²) in [6.45, 7) is 3.39. The van der Waals surface area contributed by atoms with Crippen LogP contribution in [-0.2, 0) is 14.8 Å². The van der Waals surface area contributed by atoms with Crippen LogP contribution in [0.1, 0.15) is 16.7 Å². The number of rotatable bonds is 6. The fourth-order valence-corrected chi connectivity index (χ4v) is 3.59. The summed E-state index contributed by atoms with van der Waals surface area (Å²) in [7, 11) is -3.65. The van der Waals surface area contributed by atoms with E-state index in [2.05, 4.69) is 10.5 Å². The number of benzene rings is 2. The summed E-state index contributed by atoms with van der Waals surface area (Å²) < 4.78 is 25.3. The molecule has 0 radical (unpaired) electrons. The second-order valence-corrected chi connectivity index (χ2v) is 8.69. The summed E-state index contributed by atoms with van der Waals surface area (Å²) in [5.41, 5.74) is 5.11. The molecule has 2 rings (SSSR count). The molecule has 6 nitrogen and oxygen atoms in total. The number of anilines is 1. The SMILES string of the molecule is Cc1ccc(N(CC(=O)N/N=C\c2c(Cl)cccc2Cl)S(C)(=O)=O)cc1C. The predicted octanol–water partition coefficient (Wildman–Crippen LogP) is 3.53. The van der Waals surface area contributed by atoms with Crippen LogP contribution < -0.4 is 9.73 Å². The van der Waals surface area contributed by atoms with Crippen molar-refractivity contribution in [3.8, 4) is 0 Å². The first-order valence-corrected chi connectivity index (χ1v) is 10.5. The average Bonchev–Trinajstić information content (AvgIpc) is 2.57. The van der Waals surface area contributed by atoms with Crippen molar-refractivity contribution in [1.82, 2.24) is 5.43 Å². The molecule has 0 aliphatic heterocycles. The lowest BCUT2D eigenvalue weighted by Crippen LogP contribution is -2.39. The van der Waals surface area contributed by atoms with Crippen LogP contribution in [0.5, 0.6) is 0 Å². The van der Waals surface area contributed by atoms with Gasteiger partial charge in [-0.15, -0.1) is 0 Å². The number of carbonyl (C=O) groups excluding carboxylic acids is 1. The summed E-state index contributed by atoms with van der Waals surface area (Å²) >= 11 is 12.0. The topological polar surface area (TPSA) is 78.8 Å². The maximum absolute atomic E-state index is 12.2. The molecule has 0 fully saturated rings. The zero-order valence-electron chi connectivity index (χ0n) is 15.0. The van der Waals surface area contributed by atoms with Gasteiger partial charge in [0.2, 0.25) is 10.0 Å². The van der Waals surface area contributed by atoms with Gasteiger partial charge >= 0.3 is 0 Å². The van der Waals surface area contributed by atoms with Crippen LogP contribution in [0.4, 0.5) is 5.69 Å². The van der Waals surface area contributed by atoms with Gasteiger partial charge in [-0.05, 0) is 49.2 Å². The molecule has 0 bridgehead atoms. The summed E-state index contributed by atoms with van der Waals surface area (Å²) in [5.74, 6) is -0.599. The van der Waals surface area contributed by atoms with Gasteiger partial charge in [0, 0.05) is 5.56 Å². The van der Waals surface area contributed by atoms with Crippen LogP contribution in [0.25, 0.3) is 0 Å². The smallest absolute Gasteiger partial charge is 0.260 e. The molecule has 0 saturated carbocycles. The van der Waals surface area contributed by atoms with Gasteiger partial charge in [0.15, 0.2) is 0 Å². The van der Waals surface area contributed by atoms with Gasteiger partial charge in [0.05, 0.1) is 28.2 Å². The Hall–Kier alpha value is -2.09. The van der Waals surface area contributed by atoms with Crippen LogP contribution in [0, 0.1) is 13.8 Å². The molecule has 0 atom stereocenters. The largest absolute Gasteiger partial charge is 0.271 e. The highest BCUT2D eigenvalue weighted by atomic mass is 35.5. The molecule has 0 aliphatic rings. The van der Waals surface area contributed by atoms with Gasteiger partial charge in [-0.3, -0.25) is 9.10 Å². The van der Waals surface area contributed by atoms with E-state index in [-0.39, 0.29) is 0 Å². The first kappa shape index (κ1) is 21.2. The van der Waals surface area contributed by atoms with E-state index < -0.39 is 22.5 Å². The Bertz CT molecular complexity index is 971. The third kappa shape index (κ3) is 5.69. The molecule has 0 heterocycles. The zero-order chi connectivity index (χ0) is 20.2. The molecule has 2 aromatic carbocycles. The van der Waals surface area contributed by atoms with E-state index in [1.54, 1.807) is 36.4 Å². The molecule has 1 N–H and O–H groups in total. The lowest BCUT2D eigenvalue weighted by molar-refractivity contribution is -0.119. The predicted molar refractivity (Wildman–Crippen MR) is 110 cm³/mol. The highest BCUT2D eigenvalue weighted by Gasteiger charge is 2.21. The quantitative estimate of drug-likeness (QED) is 0.565. The van der Waals surface area contributed by atoms with Gasteiger partial charge in [-0.2, -0.15) is 5.10 Å². The summed E-state index contributed by atoms with van der Waals surface area (Å²) in [5, 5.41) is 4.57. The summed E-state index contributed by atoms with van der Waals surface area (Å²) in [6, 6.07) is 10.1. The van der Waals surface area contributed by atoms with Crippen LogP contribution in [0.2, 0.25) is 10.0 Å². The minimum Gasteiger partial charge on any atom is -0.271 e. The van der Waals surface area contributed by atoms with Crippen molar-refractivity contribution in [1.29, 1.82) is 0 Å². The van der Waals surface area contributed by atoms with Gasteiger partial charge in [-0.1, -0.05) is 35.3 Å². The molecule has 0 unspecified atom stereocenters. The van der Waals surface area contributed by atoms with Gasteiger partial charge in [0.25, 0.3) is 5.91 Å². The van der Waals surface area contributed by atoms with Crippen molar-refractivity contribution in [3.05, 3.63) is 63.1 Å². The molecule has 0 aliphatic carbocycles. The lowest BCUT2D eigenvalue weighted by Gasteiger charge is -2.22. The number of hydrogen-bond acceptors (Lipinski definition) is 4. The third-order valence-corrected chi connectivity index (χ3v) is 5.65. The maximum atomic E-state index is 12.2. The highest BCUT2D eigenvalue weighted by molar-refractivity contribution is 7.92. The minimum atomic E-state index is -3.65. The van der Waals surface area contributed by atoms with Crippen molar-refractivity contribution in [3.63, 3.8) is 0 Å². The van der Waals surface area contributed by atoms with E-state index >= 15 is 0 Å². The summed E-state index contributed by atoms with van der Waals surface area (Å²) in [6.07, 6.45) is 2.35. The number of nitrogens with one attached hydrogen (secondary N) is 1. The number of carbonyl (C=O) groups is 1. The van der Waals surface area contributed by atoms with E-state index in [9.17, 15) is 13.2 Å². The van der Waals surface area contributed by atoms with Crippen LogP contribution in [0.3, 0.4) is 0 Å². The van der Waals surface area contributed by atoms with E-state index in [1.807, 2.05) is 13.8 Å². The maximum Gasteiger partial charge on any atom is 0.260 e. The minimum absolute atomic E-state index is 0.383. The normalized spacial score (nSPS) is 11.6. The van der Waals surface area contributed by atoms with Crippen LogP contribution in [-0.4, -0.2) is 33.3 Å². The first-order chi connectivity index (χ1) is 12.6. The highest BCUT2D eigenvalue weighted by Crippen LogP contribution is 2.22. The molecule has 0 spiro atoms. The molecular weight excluding hydrogens is 409 g/mol. The second kappa shape index (κ2) is 8.73. The fraction of sp³-hybridized carbons (Fsp3) is 0.222. The molecule has 1 amide bonds. The van der Waals surface area contributed by atoms with E-state index in [4.69, 9.17) is 23.2 Å². The van der Waals surface area contributed by atoms with Crippen molar-refractivity contribution in [2.45, 2.75) is 13.8 Å². The number of sulfonamides is 1. The number of halogens is 2. The Morgan fingerprint density at radius 2 is 1.78 bits per heavy atom. The summed E-state index contributed by atoms with van der Waals surface area (Å²) in [4.78, 5) is 12.2. The average molecular weight is 428 g/mol. The fourth-order valence-electron chi connectivity index (χ4n) is 2.25. The van der Waals surface area contributed by atoms with E-state index in [1.165, 1.54) is 6.21 Å². The Labute approximate surface area is 168 Å². The zero-order valence-corrected chi connectivity index (χ0v) is 17.4. The molecule has 2 aromatic rings. The number of nitrogens with zero attached hydrogens (tertiary/aromatic N) is 2. The van der Waals surface area contributed by atoms with Gasteiger partial charge in [0.1, 0.15) is 6.54 Å². The molecule has 144 valence electrons. The van der Waals surface area contributed by atoms with Crippen molar-refractivity contribution >= 4 is 51.0 Å². The standard InChI is InChI=1S/C18H19Cl2N3O3S/c1-12-7-8-14(9-13(12)2)23(27(3,25)26)11-18(24)22-21-10-15-16(19)5-4-6-17(15)20/h4-10H,11H2,1-3H3,(H,22,24)/b21-10-. The second-order valence-electron chi connectivity index (χ2n) is 5.97. The van der Waals surface area contributed by atoms with Crippen molar-refractivity contribution in [2.24, 2.45) is 5.10 Å². The molecule has 27 heavy (non-hydrogen) atoms. The Kier molecular flexibility index (Phi) is 6.86. The molecule has 0 aromatic heterocycles. The van der Waals surface area contributed by atoms with Gasteiger partial charge in [-0.25, -0.2) is 13.8 Å². The van der Waals surface area contributed by atoms with E-state index in [0.29, 0.717) is 21.3 Å². The number of amides is 1. The Morgan fingerprint density at radius 1 is 1.15 bits per heavy atom. The lowest BCUT2D eigenvalue weighted by atomic mass is 10.1. The monoisotopic (exact) mass is 427 g/mol.